The number of hydrogen-bond donors (Lipinski definition) is 5. The minimum Gasteiger partial charge on any atom is -0.479 e. The van der Waals surface area contributed by atoms with Crippen LogP contribution in [0.25, 0.3) is 0 Å². The number of benzene rings is 1. The van der Waals surface area contributed by atoms with Gasteiger partial charge in [-0.05, 0) is 18.2 Å². The molecule has 1 aromatic rings. The summed E-state index contributed by atoms with van der Waals surface area (Å²) in [6.45, 7) is -0.906. The first-order valence-electron chi connectivity index (χ1n) is 6.38. The number of hydrogen-bond acceptors (Lipinski definition) is 7. The number of nitrogens with two attached hydrogens (primary N) is 1. The maximum atomic E-state index is 12.9. The Hall–Kier alpha value is -1.94. The van der Waals surface area contributed by atoms with Crippen molar-refractivity contribution in [2.45, 2.75) is 37.4 Å². The van der Waals surface area contributed by atoms with Gasteiger partial charge < -0.3 is 35.6 Å². The van der Waals surface area contributed by atoms with Crippen molar-refractivity contribution in [1.82, 2.24) is 0 Å². The maximum absolute atomic E-state index is 12.9. The zero-order chi connectivity index (χ0) is 16.4. The molecule has 2 rings (SSSR count). The van der Waals surface area contributed by atoms with E-state index in [0.717, 1.165) is 0 Å². The van der Waals surface area contributed by atoms with Crippen molar-refractivity contribution < 1.29 is 39.1 Å². The van der Waals surface area contributed by atoms with Gasteiger partial charge in [0.05, 0.1) is 0 Å². The SMILES string of the molecule is Nc1ccc(OC2OC(C(=O)O)C(O)C(O)C2O)c(CF)c1. The summed E-state index contributed by atoms with van der Waals surface area (Å²) in [5.74, 6) is -1.55. The Morgan fingerprint density at radius 2 is 1.95 bits per heavy atom. The molecule has 0 amide bonds. The number of carbonyl (C=O) groups is 1. The quantitative estimate of drug-likeness (QED) is 0.445. The summed E-state index contributed by atoms with van der Waals surface area (Å²) in [6.07, 6.45) is -8.70. The molecule has 1 saturated heterocycles. The number of aliphatic hydroxyl groups is 3. The first-order valence-corrected chi connectivity index (χ1v) is 6.38. The van der Waals surface area contributed by atoms with Crippen LogP contribution >= 0.6 is 0 Å². The molecule has 1 aromatic carbocycles. The number of anilines is 1. The van der Waals surface area contributed by atoms with Crippen LogP contribution in [0.5, 0.6) is 5.75 Å². The van der Waals surface area contributed by atoms with E-state index in [0.29, 0.717) is 5.69 Å². The zero-order valence-corrected chi connectivity index (χ0v) is 11.3. The topological polar surface area (TPSA) is 142 Å². The van der Waals surface area contributed by atoms with Gasteiger partial charge in [0.15, 0.2) is 6.10 Å². The highest BCUT2D eigenvalue weighted by molar-refractivity contribution is 5.73. The normalized spacial score (nSPS) is 31.7. The zero-order valence-electron chi connectivity index (χ0n) is 11.3. The fourth-order valence-electron chi connectivity index (χ4n) is 2.09. The Kier molecular flexibility index (Phi) is 4.81. The second kappa shape index (κ2) is 6.44. The van der Waals surface area contributed by atoms with E-state index in [1.54, 1.807) is 0 Å². The maximum Gasteiger partial charge on any atom is 0.335 e. The molecular formula is C13H16FNO7. The second-order valence-corrected chi connectivity index (χ2v) is 4.85. The van der Waals surface area contributed by atoms with Crippen LogP contribution in [-0.2, 0) is 16.2 Å². The van der Waals surface area contributed by atoms with E-state index in [2.05, 4.69) is 0 Å². The Morgan fingerprint density at radius 1 is 1.27 bits per heavy atom. The number of nitrogen functional groups attached to an aromatic ring is 1. The Balaban J connectivity index is 2.22. The molecule has 1 aliphatic heterocycles. The van der Waals surface area contributed by atoms with Crippen LogP contribution in [0, 0.1) is 0 Å². The molecule has 0 bridgehead atoms. The third kappa shape index (κ3) is 3.12. The molecule has 1 aliphatic rings. The van der Waals surface area contributed by atoms with Gasteiger partial charge in [-0.2, -0.15) is 0 Å². The predicted octanol–water partition coefficient (Wildman–Crippen LogP) is -0.991. The average molecular weight is 317 g/mol. The minimum atomic E-state index is -1.82. The third-order valence-electron chi connectivity index (χ3n) is 3.28. The number of aliphatic hydroxyl groups excluding tert-OH is 3. The van der Waals surface area contributed by atoms with Crippen molar-refractivity contribution >= 4 is 11.7 Å². The molecule has 22 heavy (non-hydrogen) atoms. The van der Waals surface area contributed by atoms with E-state index in [1.165, 1.54) is 18.2 Å². The lowest BCUT2D eigenvalue weighted by atomic mass is 9.99. The molecule has 1 fully saturated rings. The van der Waals surface area contributed by atoms with E-state index >= 15 is 0 Å². The van der Waals surface area contributed by atoms with Crippen molar-refractivity contribution in [2.24, 2.45) is 0 Å². The molecule has 9 heteroatoms. The van der Waals surface area contributed by atoms with Crippen molar-refractivity contribution in [3.8, 4) is 5.75 Å². The molecule has 5 atom stereocenters. The number of aliphatic carboxylic acids is 1. The van der Waals surface area contributed by atoms with Crippen LogP contribution < -0.4 is 10.5 Å². The lowest BCUT2D eigenvalue weighted by molar-refractivity contribution is -0.271. The summed E-state index contributed by atoms with van der Waals surface area (Å²) < 4.78 is 23.1. The average Bonchev–Trinajstić information content (AvgIpc) is 2.48. The lowest BCUT2D eigenvalue weighted by Crippen LogP contribution is -2.61. The monoisotopic (exact) mass is 317 g/mol. The fraction of sp³-hybridized carbons (Fsp3) is 0.462. The van der Waals surface area contributed by atoms with E-state index in [4.69, 9.17) is 20.3 Å². The largest absolute Gasteiger partial charge is 0.479 e. The van der Waals surface area contributed by atoms with Gasteiger partial charge in [-0.1, -0.05) is 0 Å². The van der Waals surface area contributed by atoms with Crippen molar-refractivity contribution in [3.05, 3.63) is 23.8 Å². The van der Waals surface area contributed by atoms with Gasteiger partial charge in [0.25, 0.3) is 0 Å². The number of ether oxygens (including phenoxy) is 2. The van der Waals surface area contributed by atoms with Crippen molar-refractivity contribution in [1.29, 1.82) is 0 Å². The third-order valence-corrected chi connectivity index (χ3v) is 3.28. The van der Waals surface area contributed by atoms with Crippen LogP contribution in [0.4, 0.5) is 10.1 Å². The van der Waals surface area contributed by atoms with Gasteiger partial charge in [-0.15, -0.1) is 0 Å². The first-order chi connectivity index (χ1) is 10.3. The van der Waals surface area contributed by atoms with Gasteiger partial charge in [0.1, 0.15) is 30.7 Å². The van der Waals surface area contributed by atoms with E-state index in [-0.39, 0.29) is 11.3 Å². The van der Waals surface area contributed by atoms with Crippen LogP contribution in [0.15, 0.2) is 18.2 Å². The van der Waals surface area contributed by atoms with E-state index < -0.39 is 43.3 Å². The van der Waals surface area contributed by atoms with Crippen molar-refractivity contribution in [2.75, 3.05) is 5.73 Å². The Labute approximate surface area is 124 Å². The van der Waals surface area contributed by atoms with Gasteiger partial charge >= 0.3 is 5.97 Å². The highest BCUT2D eigenvalue weighted by Gasteiger charge is 2.48. The number of alkyl halides is 1. The molecule has 1 heterocycles. The van der Waals surface area contributed by atoms with Crippen LogP contribution in [0.3, 0.4) is 0 Å². The summed E-state index contributed by atoms with van der Waals surface area (Å²) in [4.78, 5) is 11.0. The molecule has 122 valence electrons. The summed E-state index contributed by atoms with van der Waals surface area (Å²) in [5.41, 5.74) is 5.88. The van der Waals surface area contributed by atoms with Gasteiger partial charge in [-0.25, -0.2) is 9.18 Å². The molecule has 6 N–H and O–H groups in total. The minimum absolute atomic E-state index is 0.0199. The smallest absolute Gasteiger partial charge is 0.335 e. The molecule has 0 aliphatic carbocycles. The molecule has 5 unspecified atom stereocenters. The summed E-state index contributed by atoms with van der Waals surface area (Å²) in [6, 6.07) is 4.06. The van der Waals surface area contributed by atoms with E-state index in [9.17, 15) is 24.5 Å². The first kappa shape index (κ1) is 16.4. The van der Waals surface area contributed by atoms with Gasteiger partial charge in [-0.3, -0.25) is 0 Å². The Bertz CT molecular complexity index is 555. The predicted molar refractivity (Wildman–Crippen MR) is 70.6 cm³/mol. The van der Waals surface area contributed by atoms with Gasteiger partial charge in [0.2, 0.25) is 6.29 Å². The fourth-order valence-corrected chi connectivity index (χ4v) is 2.09. The second-order valence-electron chi connectivity index (χ2n) is 4.85. The van der Waals surface area contributed by atoms with Crippen LogP contribution in [0.2, 0.25) is 0 Å². The van der Waals surface area contributed by atoms with Crippen LogP contribution in [0.1, 0.15) is 5.56 Å². The Morgan fingerprint density at radius 3 is 2.55 bits per heavy atom. The number of rotatable bonds is 4. The van der Waals surface area contributed by atoms with Crippen molar-refractivity contribution in [3.63, 3.8) is 0 Å². The lowest BCUT2D eigenvalue weighted by Gasteiger charge is -2.38. The van der Waals surface area contributed by atoms with Crippen LogP contribution in [-0.4, -0.2) is 57.1 Å². The highest BCUT2D eigenvalue weighted by Crippen LogP contribution is 2.28. The molecule has 0 saturated carbocycles. The number of carboxylic acid groups (broad SMARTS) is 1. The molecular weight excluding hydrogens is 301 g/mol. The molecule has 0 radical (unpaired) electrons. The molecule has 8 nitrogen and oxygen atoms in total. The van der Waals surface area contributed by atoms with Gasteiger partial charge in [0, 0.05) is 11.3 Å². The molecule has 0 aromatic heterocycles. The number of carboxylic acids is 1. The van der Waals surface area contributed by atoms with E-state index in [1.807, 2.05) is 0 Å². The summed E-state index contributed by atoms with van der Waals surface area (Å²) in [7, 11) is 0. The number of halogens is 1. The molecule has 0 spiro atoms. The highest BCUT2D eigenvalue weighted by atomic mass is 19.1. The summed E-state index contributed by atoms with van der Waals surface area (Å²) >= 11 is 0. The standard InChI is InChI=1S/C13H16FNO7/c14-4-5-3-6(15)1-2-7(5)21-13-10(18)8(16)9(17)11(22-13)12(19)20/h1-3,8-11,13,16-18H,4,15H2,(H,19,20). The summed E-state index contributed by atoms with van der Waals surface area (Å²) in [5, 5.41) is 38.0.